The van der Waals surface area contributed by atoms with Gasteiger partial charge in [0.05, 0.1) is 12.0 Å². The summed E-state index contributed by atoms with van der Waals surface area (Å²) in [7, 11) is 0. The minimum absolute atomic E-state index is 1.04. The first kappa shape index (κ1) is 15.7. The Bertz CT molecular complexity index is 374. The fourth-order valence-corrected chi connectivity index (χ4v) is 1.95. The number of aryl methyl sites for hydroxylation is 2. The van der Waals surface area contributed by atoms with Crippen molar-refractivity contribution in [3.8, 4) is 0 Å². The van der Waals surface area contributed by atoms with E-state index < -0.39 is 0 Å². The van der Waals surface area contributed by atoms with Crippen molar-refractivity contribution in [1.82, 2.24) is 9.55 Å². The zero-order valence-corrected chi connectivity index (χ0v) is 12.5. The minimum atomic E-state index is 1.04. The van der Waals surface area contributed by atoms with E-state index in [4.69, 9.17) is 0 Å². The maximum atomic E-state index is 4.45. The second-order valence-corrected chi connectivity index (χ2v) is 4.99. The molecule has 2 heteroatoms. The summed E-state index contributed by atoms with van der Waals surface area (Å²) in [4.78, 5) is 4.45. The van der Waals surface area contributed by atoms with Gasteiger partial charge in [0, 0.05) is 12.7 Å². The maximum absolute atomic E-state index is 4.45. The molecule has 0 aliphatic rings. The molecule has 0 atom stereocenters. The van der Waals surface area contributed by atoms with Gasteiger partial charge in [-0.05, 0) is 25.7 Å². The normalized spacial score (nSPS) is 11.9. The molecule has 0 spiro atoms. The molecule has 0 saturated carbocycles. The van der Waals surface area contributed by atoms with E-state index in [0.717, 1.165) is 19.4 Å². The van der Waals surface area contributed by atoms with Crippen molar-refractivity contribution in [3.05, 3.63) is 42.5 Å². The summed E-state index contributed by atoms with van der Waals surface area (Å²) in [5.74, 6) is 0. The molecule has 0 unspecified atom stereocenters. The van der Waals surface area contributed by atoms with E-state index >= 15 is 0 Å². The fraction of sp³-hybridized carbons (Fsp3) is 0.588. The van der Waals surface area contributed by atoms with Crippen LogP contribution in [0.3, 0.4) is 0 Å². The summed E-state index contributed by atoms with van der Waals surface area (Å²) in [6.45, 7) is 5.54. The molecule has 1 heterocycles. The summed E-state index contributed by atoms with van der Waals surface area (Å²) in [6, 6.07) is 0. The molecule has 0 bridgehead atoms. The van der Waals surface area contributed by atoms with Crippen LogP contribution in [0.1, 0.15) is 58.1 Å². The van der Waals surface area contributed by atoms with Crippen molar-refractivity contribution >= 4 is 0 Å². The number of nitrogens with zero attached hydrogens (tertiary/aromatic N) is 2. The molecule has 0 radical (unpaired) electrons. The highest BCUT2D eigenvalue weighted by Crippen LogP contribution is 2.04. The van der Waals surface area contributed by atoms with Gasteiger partial charge in [-0.3, -0.25) is 0 Å². The van der Waals surface area contributed by atoms with E-state index in [9.17, 15) is 0 Å². The largest absolute Gasteiger partial charge is 0.337 e. The molecule has 2 nitrogen and oxygen atoms in total. The van der Waals surface area contributed by atoms with Gasteiger partial charge in [0.2, 0.25) is 0 Å². The van der Waals surface area contributed by atoms with Gasteiger partial charge in [-0.15, -0.1) is 0 Å². The van der Waals surface area contributed by atoms with Gasteiger partial charge < -0.3 is 4.57 Å². The zero-order chi connectivity index (χ0) is 13.8. The summed E-state index contributed by atoms with van der Waals surface area (Å²) in [6.07, 6.45) is 21.2. The highest BCUT2D eigenvalue weighted by molar-refractivity contribution is 5.04. The third kappa shape index (κ3) is 7.66. The highest BCUT2D eigenvalue weighted by Gasteiger charge is 1.97. The zero-order valence-electron chi connectivity index (χ0n) is 12.5. The number of hydrogen-bond donors (Lipinski definition) is 0. The third-order valence-corrected chi connectivity index (χ3v) is 3.11. The Balaban J connectivity index is 2.19. The van der Waals surface area contributed by atoms with Crippen LogP contribution in [0, 0.1) is 0 Å². The molecule has 0 N–H and O–H groups in total. The summed E-state index contributed by atoms with van der Waals surface area (Å²) >= 11 is 0. The molecule has 1 aromatic rings. The van der Waals surface area contributed by atoms with E-state index in [0.29, 0.717) is 0 Å². The predicted octanol–water partition coefficient (Wildman–Crippen LogP) is 4.92. The lowest BCUT2D eigenvalue weighted by atomic mass is 10.2. The first-order chi connectivity index (χ1) is 9.36. The van der Waals surface area contributed by atoms with Crippen molar-refractivity contribution in [2.75, 3.05) is 0 Å². The fourth-order valence-electron chi connectivity index (χ4n) is 1.95. The van der Waals surface area contributed by atoms with E-state index in [1.807, 2.05) is 6.33 Å². The van der Waals surface area contributed by atoms with Gasteiger partial charge in [-0.25, -0.2) is 4.98 Å². The lowest BCUT2D eigenvalue weighted by Gasteiger charge is -1.99. The van der Waals surface area contributed by atoms with Crippen LogP contribution in [0.5, 0.6) is 0 Å². The molecule has 0 aromatic carbocycles. The monoisotopic (exact) mass is 260 g/mol. The Hall–Kier alpha value is -1.31. The molecule has 0 amide bonds. The van der Waals surface area contributed by atoms with Crippen LogP contribution in [-0.4, -0.2) is 9.55 Å². The van der Waals surface area contributed by atoms with Crippen LogP contribution >= 0.6 is 0 Å². The molecular weight excluding hydrogens is 232 g/mol. The maximum Gasteiger partial charge on any atom is 0.0949 e. The van der Waals surface area contributed by atoms with Crippen molar-refractivity contribution in [3.63, 3.8) is 0 Å². The van der Waals surface area contributed by atoms with Crippen LogP contribution < -0.4 is 0 Å². The Labute approximate surface area is 118 Å². The Morgan fingerprint density at radius 2 is 1.84 bits per heavy atom. The molecule has 0 aliphatic carbocycles. The lowest BCUT2D eigenvalue weighted by Crippen LogP contribution is -1.93. The van der Waals surface area contributed by atoms with Gasteiger partial charge in [-0.1, -0.05) is 57.4 Å². The van der Waals surface area contributed by atoms with Gasteiger partial charge in [0.15, 0.2) is 0 Å². The van der Waals surface area contributed by atoms with Crippen molar-refractivity contribution < 1.29 is 0 Å². The van der Waals surface area contributed by atoms with Crippen LogP contribution in [0.4, 0.5) is 0 Å². The quantitative estimate of drug-likeness (QED) is 0.431. The Kier molecular flexibility index (Phi) is 8.78. The first-order valence-electron chi connectivity index (χ1n) is 7.69. The SMILES string of the molecule is CCC/C=C/C=C/CCc1cn(CCCCC)cn1. The Morgan fingerprint density at radius 1 is 1.05 bits per heavy atom. The smallest absolute Gasteiger partial charge is 0.0949 e. The second kappa shape index (κ2) is 10.6. The predicted molar refractivity (Wildman–Crippen MR) is 83.3 cm³/mol. The molecule has 106 valence electrons. The molecule has 19 heavy (non-hydrogen) atoms. The molecule has 1 rings (SSSR count). The highest BCUT2D eigenvalue weighted by atomic mass is 15.0. The third-order valence-electron chi connectivity index (χ3n) is 3.11. The minimum Gasteiger partial charge on any atom is -0.337 e. The van der Waals surface area contributed by atoms with Crippen LogP contribution in [0.15, 0.2) is 36.8 Å². The lowest BCUT2D eigenvalue weighted by molar-refractivity contribution is 0.601. The number of hydrogen-bond acceptors (Lipinski definition) is 1. The second-order valence-electron chi connectivity index (χ2n) is 4.99. The van der Waals surface area contributed by atoms with Gasteiger partial charge in [0.25, 0.3) is 0 Å². The van der Waals surface area contributed by atoms with Crippen molar-refractivity contribution in [2.45, 2.75) is 65.3 Å². The number of aromatic nitrogens is 2. The van der Waals surface area contributed by atoms with E-state index in [2.05, 4.69) is 53.9 Å². The number of unbranched alkanes of at least 4 members (excludes halogenated alkanes) is 3. The molecule has 0 fully saturated rings. The van der Waals surface area contributed by atoms with E-state index in [-0.39, 0.29) is 0 Å². The summed E-state index contributed by atoms with van der Waals surface area (Å²) < 4.78 is 2.22. The van der Waals surface area contributed by atoms with Crippen LogP contribution in [0.25, 0.3) is 0 Å². The molecule has 1 aromatic heterocycles. The average Bonchev–Trinajstić information content (AvgIpc) is 2.86. The van der Waals surface area contributed by atoms with E-state index in [1.54, 1.807) is 0 Å². The van der Waals surface area contributed by atoms with Gasteiger partial charge in [0.1, 0.15) is 0 Å². The number of rotatable bonds is 10. The van der Waals surface area contributed by atoms with Crippen LogP contribution in [-0.2, 0) is 13.0 Å². The molecule has 0 aliphatic heterocycles. The van der Waals surface area contributed by atoms with Gasteiger partial charge >= 0.3 is 0 Å². The number of allylic oxidation sites excluding steroid dienone is 4. The van der Waals surface area contributed by atoms with Crippen molar-refractivity contribution in [1.29, 1.82) is 0 Å². The number of imidazole rings is 1. The summed E-state index contributed by atoms with van der Waals surface area (Å²) in [5.41, 5.74) is 1.21. The first-order valence-corrected chi connectivity index (χ1v) is 7.69. The average molecular weight is 260 g/mol. The molecular formula is C17H28N2. The van der Waals surface area contributed by atoms with Crippen molar-refractivity contribution in [2.24, 2.45) is 0 Å². The van der Waals surface area contributed by atoms with Gasteiger partial charge in [-0.2, -0.15) is 0 Å². The van der Waals surface area contributed by atoms with Crippen LogP contribution in [0.2, 0.25) is 0 Å². The standard InChI is InChI=1S/C17H28N2/c1-3-5-7-8-9-10-11-13-17-15-19(16-18-17)14-12-6-4-2/h7-10,15-16H,3-6,11-14H2,1-2H3/b8-7+,10-9+. The Morgan fingerprint density at radius 3 is 2.58 bits per heavy atom. The topological polar surface area (TPSA) is 17.8 Å². The summed E-state index contributed by atoms with van der Waals surface area (Å²) in [5, 5.41) is 0. The van der Waals surface area contributed by atoms with E-state index in [1.165, 1.54) is 37.8 Å². The molecule has 0 saturated heterocycles.